The van der Waals surface area contributed by atoms with Crippen molar-refractivity contribution in [3.05, 3.63) is 29.7 Å². The lowest BCUT2D eigenvalue weighted by atomic mass is 10.1. The molecule has 1 saturated heterocycles. The molecule has 4 heterocycles. The zero-order valence-corrected chi connectivity index (χ0v) is 13.3. The molecule has 0 radical (unpaired) electrons. The first-order chi connectivity index (χ1) is 10.9. The van der Waals surface area contributed by atoms with Gasteiger partial charge in [-0.2, -0.15) is 11.8 Å². The van der Waals surface area contributed by atoms with Gasteiger partial charge in [0.05, 0.1) is 12.0 Å². The second-order valence-corrected chi connectivity index (χ2v) is 6.90. The van der Waals surface area contributed by atoms with Crippen molar-refractivity contribution in [3.63, 3.8) is 0 Å². The molecule has 1 atom stereocenters. The smallest absolute Gasteiger partial charge is 0.197 e. The summed E-state index contributed by atoms with van der Waals surface area (Å²) in [6, 6.07) is 4.32. The first kappa shape index (κ1) is 14.1. The Hall–Kier alpha value is -1.53. The molecule has 0 spiro atoms. The SMILES string of the molecule is c1coc(-c2nc3c(c(NC4CCSC4)n2)CCNCC3)c1. The van der Waals surface area contributed by atoms with E-state index in [0.717, 1.165) is 49.0 Å². The monoisotopic (exact) mass is 316 g/mol. The third-order valence-corrected chi connectivity index (χ3v) is 5.36. The molecule has 22 heavy (non-hydrogen) atoms. The number of aromatic nitrogens is 2. The number of furan rings is 1. The number of rotatable bonds is 3. The largest absolute Gasteiger partial charge is 0.461 e. The molecule has 1 fully saturated rings. The van der Waals surface area contributed by atoms with E-state index in [2.05, 4.69) is 10.6 Å². The van der Waals surface area contributed by atoms with Gasteiger partial charge in [0.15, 0.2) is 11.6 Å². The van der Waals surface area contributed by atoms with E-state index >= 15 is 0 Å². The molecule has 0 amide bonds. The van der Waals surface area contributed by atoms with E-state index in [1.807, 2.05) is 23.9 Å². The van der Waals surface area contributed by atoms with Crippen LogP contribution in [-0.4, -0.2) is 40.6 Å². The topological polar surface area (TPSA) is 63.0 Å². The maximum Gasteiger partial charge on any atom is 0.197 e. The molecule has 1 unspecified atom stereocenters. The van der Waals surface area contributed by atoms with Gasteiger partial charge in [-0.05, 0) is 37.3 Å². The van der Waals surface area contributed by atoms with Gasteiger partial charge in [0.2, 0.25) is 0 Å². The van der Waals surface area contributed by atoms with Crippen molar-refractivity contribution in [3.8, 4) is 11.6 Å². The Balaban J connectivity index is 1.74. The number of nitrogens with one attached hydrogen (secondary N) is 2. The van der Waals surface area contributed by atoms with Crippen molar-refractivity contribution >= 4 is 17.6 Å². The second-order valence-electron chi connectivity index (χ2n) is 5.75. The molecule has 6 heteroatoms. The number of anilines is 1. The third-order valence-electron chi connectivity index (χ3n) is 4.20. The van der Waals surface area contributed by atoms with E-state index in [1.54, 1.807) is 6.26 Å². The third kappa shape index (κ3) is 2.85. The van der Waals surface area contributed by atoms with Gasteiger partial charge in [-0.1, -0.05) is 0 Å². The summed E-state index contributed by atoms with van der Waals surface area (Å²) in [4.78, 5) is 9.54. The van der Waals surface area contributed by atoms with Crippen LogP contribution in [0.2, 0.25) is 0 Å². The van der Waals surface area contributed by atoms with E-state index in [9.17, 15) is 0 Å². The Bertz CT molecular complexity index is 638. The summed E-state index contributed by atoms with van der Waals surface area (Å²) in [6.45, 7) is 1.96. The Morgan fingerprint density at radius 3 is 3.05 bits per heavy atom. The molecule has 2 aliphatic rings. The predicted octanol–water partition coefficient (Wildman–Crippen LogP) is 2.34. The molecule has 2 aromatic heterocycles. The van der Waals surface area contributed by atoms with Gasteiger partial charge >= 0.3 is 0 Å². The van der Waals surface area contributed by atoms with Crippen LogP contribution >= 0.6 is 11.8 Å². The van der Waals surface area contributed by atoms with Crippen LogP contribution in [0.3, 0.4) is 0 Å². The summed E-state index contributed by atoms with van der Waals surface area (Å²) < 4.78 is 5.49. The van der Waals surface area contributed by atoms with Crippen LogP contribution in [0, 0.1) is 0 Å². The molecule has 116 valence electrons. The molecule has 0 aliphatic carbocycles. The van der Waals surface area contributed by atoms with Crippen molar-refractivity contribution in [2.75, 3.05) is 29.9 Å². The summed E-state index contributed by atoms with van der Waals surface area (Å²) in [5.41, 5.74) is 2.43. The summed E-state index contributed by atoms with van der Waals surface area (Å²) in [7, 11) is 0. The lowest BCUT2D eigenvalue weighted by Crippen LogP contribution is -2.21. The van der Waals surface area contributed by atoms with Crippen molar-refractivity contribution in [2.24, 2.45) is 0 Å². The Morgan fingerprint density at radius 1 is 1.27 bits per heavy atom. The van der Waals surface area contributed by atoms with Gasteiger partial charge in [-0.3, -0.25) is 0 Å². The van der Waals surface area contributed by atoms with E-state index in [4.69, 9.17) is 14.4 Å². The average Bonchev–Trinajstić information content (AvgIpc) is 3.18. The standard InChI is InChI=1S/C16H20N4OS/c1-2-14(21-8-1)16-19-13-4-7-17-6-3-12(13)15(20-16)18-11-5-9-22-10-11/h1-2,8,11,17H,3-7,9-10H2,(H,18,19,20). The lowest BCUT2D eigenvalue weighted by Gasteiger charge is -2.17. The summed E-state index contributed by atoms with van der Waals surface area (Å²) in [5.74, 6) is 4.83. The molecule has 2 N–H and O–H groups in total. The highest BCUT2D eigenvalue weighted by Crippen LogP contribution is 2.27. The summed E-state index contributed by atoms with van der Waals surface area (Å²) in [6.07, 6.45) is 4.81. The van der Waals surface area contributed by atoms with Gasteiger partial charge in [0.1, 0.15) is 5.82 Å². The van der Waals surface area contributed by atoms with Crippen LogP contribution in [0.25, 0.3) is 11.6 Å². The van der Waals surface area contributed by atoms with E-state index in [-0.39, 0.29) is 0 Å². The van der Waals surface area contributed by atoms with Gasteiger partial charge in [0, 0.05) is 30.3 Å². The summed E-state index contributed by atoms with van der Waals surface area (Å²) >= 11 is 2.01. The quantitative estimate of drug-likeness (QED) is 0.906. The zero-order chi connectivity index (χ0) is 14.8. The predicted molar refractivity (Wildman–Crippen MR) is 89.4 cm³/mol. The normalized spacial score (nSPS) is 21.4. The molecule has 2 aromatic rings. The zero-order valence-electron chi connectivity index (χ0n) is 12.5. The number of fused-ring (bicyclic) bond motifs is 1. The second kappa shape index (κ2) is 6.30. The van der Waals surface area contributed by atoms with Crippen molar-refractivity contribution < 1.29 is 4.42 Å². The van der Waals surface area contributed by atoms with Crippen molar-refractivity contribution in [2.45, 2.75) is 25.3 Å². The fourth-order valence-corrected chi connectivity index (χ4v) is 4.17. The molecule has 0 saturated carbocycles. The summed E-state index contributed by atoms with van der Waals surface area (Å²) in [5, 5.41) is 7.10. The van der Waals surface area contributed by atoms with Crippen molar-refractivity contribution in [1.82, 2.24) is 15.3 Å². The van der Waals surface area contributed by atoms with Crippen LogP contribution in [0.4, 0.5) is 5.82 Å². The van der Waals surface area contributed by atoms with Crippen LogP contribution in [-0.2, 0) is 12.8 Å². The minimum Gasteiger partial charge on any atom is -0.461 e. The first-order valence-electron chi connectivity index (χ1n) is 7.89. The van der Waals surface area contributed by atoms with Gasteiger partial charge < -0.3 is 15.1 Å². The molecular formula is C16H20N4OS. The van der Waals surface area contributed by atoms with Gasteiger partial charge in [-0.15, -0.1) is 0 Å². The van der Waals surface area contributed by atoms with Crippen LogP contribution < -0.4 is 10.6 Å². The minimum atomic E-state index is 0.518. The molecule has 2 aliphatic heterocycles. The Kier molecular flexibility index (Phi) is 4.03. The van der Waals surface area contributed by atoms with Crippen LogP contribution in [0.15, 0.2) is 22.8 Å². The number of nitrogens with zero attached hydrogens (tertiary/aromatic N) is 2. The highest BCUT2D eigenvalue weighted by molar-refractivity contribution is 7.99. The molecule has 0 bridgehead atoms. The Labute approximate surface area is 134 Å². The maximum atomic E-state index is 5.49. The molecule has 0 aromatic carbocycles. The highest BCUT2D eigenvalue weighted by atomic mass is 32.2. The van der Waals surface area contributed by atoms with E-state index in [0.29, 0.717) is 11.9 Å². The number of hydrogen-bond acceptors (Lipinski definition) is 6. The average molecular weight is 316 g/mol. The van der Waals surface area contributed by atoms with Crippen molar-refractivity contribution in [1.29, 1.82) is 0 Å². The van der Waals surface area contributed by atoms with Crippen LogP contribution in [0.1, 0.15) is 17.7 Å². The lowest BCUT2D eigenvalue weighted by molar-refractivity contribution is 0.576. The van der Waals surface area contributed by atoms with E-state index in [1.165, 1.54) is 17.7 Å². The van der Waals surface area contributed by atoms with Gasteiger partial charge in [0.25, 0.3) is 0 Å². The fraction of sp³-hybridized carbons (Fsp3) is 0.500. The number of thioether (sulfide) groups is 1. The molecule has 5 nitrogen and oxygen atoms in total. The van der Waals surface area contributed by atoms with Crippen LogP contribution in [0.5, 0.6) is 0 Å². The molecular weight excluding hydrogens is 296 g/mol. The first-order valence-corrected chi connectivity index (χ1v) is 9.04. The molecule has 4 rings (SSSR count). The fourth-order valence-electron chi connectivity index (χ4n) is 3.02. The minimum absolute atomic E-state index is 0.518. The van der Waals surface area contributed by atoms with E-state index < -0.39 is 0 Å². The number of hydrogen-bond donors (Lipinski definition) is 2. The maximum absolute atomic E-state index is 5.49. The highest BCUT2D eigenvalue weighted by Gasteiger charge is 2.22. The Morgan fingerprint density at radius 2 is 2.23 bits per heavy atom. The van der Waals surface area contributed by atoms with Gasteiger partial charge in [-0.25, -0.2) is 9.97 Å².